The number of para-hydroxylation sites is 1. The first kappa shape index (κ1) is 12.9. The fourth-order valence-electron chi connectivity index (χ4n) is 3.04. The van der Waals surface area contributed by atoms with Gasteiger partial charge < -0.3 is 0 Å². The molecule has 1 fully saturated rings. The molecular weight excluding hydrogens is 302 g/mol. The first-order valence-electron chi connectivity index (χ1n) is 6.87. The van der Waals surface area contributed by atoms with Crippen LogP contribution in [0, 0.1) is 5.92 Å². The summed E-state index contributed by atoms with van der Waals surface area (Å²) in [6, 6.07) is 10.4. The SMILES string of the molecule is CC1CCCC1c1nnc(CBr)n1-c1ccccc1. The summed E-state index contributed by atoms with van der Waals surface area (Å²) in [5.74, 6) is 3.36. The van der Waals surface area contributed by atoms with Crippen LogP contribution in [0.4, 0.5) is 0 Å². The number of hydrogen-bond acceptors (Lipinski definition) is 2. The van der Waals surface area contributed by atoms with Crippen LogP contribution in [0.5, 0.6) is 0 Å². The maximum atomic E-state index is 4.48. The zero-order valence-corrected chi connectivity index (χ0v) is 12.7. The Balaban J connectivity index is 2.08. The van der Waals surface area contributed by atoms with Gasteiger partial charge in [-0.2, -0.15) is 0 Å². The molecule has 1 saturated carbocycles. The fourth-order valence-corrected chi connectivity index (χ4v) is 3.41. The monoisotopic (exact) mass is 319 g/mol. The van der Waals surface area contributed by atoms with Crippen molar-refractivity contribution in [2.75, 3.05) is 0 Å². The molecular formula is C15H18BrN3. The van der Waals surface area contributed by atoms with Crippen molar-refractivity contribution in [3.05, 3.63) is 42.0 Å². The van der Waals surface area contributed by atoms with E-state index >= 15 is 0 Å². The molecule has 0 N–H and O–H groups in total. The van der Waals surface area contributed by atoms with Crippen LogP contribution in [0.1, 0.15) is 43.8 Å². The van der Waals surface area contributed by atoms with Gasteiger partial charge in [-0.3, -0.25) is 4.57 Å². The molecule has 0 spiro atoms. The summed E-state index contributed by atoms with van der Waals surface area (Å²) in [7, 11) is 0. The van der Waals surface area contributed by atoms with E-state index in [4.69, 9.17) is 0 Å². The Morgan fingerprint density at radius 2 is 2.00 bits per heavy atom. The zero-order valence-electron chi connectivity index (χ0n) is 11.1. The molecule has 2 atom stereocenters. The third-order valence-corrected chi connectivity index (χ3v) is 4.58. The number of hydrogen-bond donors (Lipinski definition) is 0. The molecule has 3 rings (SSSR count). The van der Waals surface area contributed by atoms with E-state index in [-0.39, 0.29) is 0 Å². The molecule has 1 aromatic carbocycles. The number of benzene rings is 1. The summed E-state index contributed by atoms with van der Waals surface area (Å²) in [4.78, 5) is 0. The highest BCUT2D eigenvalue weighted by molar-refractivity contribution is 9.08. The average molecular weight is 320 g/mol. The second-order valence-electron chi connectivity index (χ2n) is 5.29. The first-order chi connectivity index (χ1) is 9.31. The number of rotatable bonds is 3. The Bertz CT molecular complexity index is 550. The minimum absolute atomic E-state index is 0.542. The molecule has 0 amide bonds. The van der Waals surface area contributed by atoms with Gasteiger partial charge in [-0.15, -0.1) is 10.2 Å². The van der Waals surface area contributed by atoms with E-state index in [2.05, 4.69) is 61.9 Å². The second kappa shape index (κ2) is 5.45. The van der Waals surface area contributed by atoms with Gasteiger partial charge in [0, 0.05) is 11.6 Å². The second-order valence-corrected chi connectivity index (χ2v) is 5.85. The Kier molecular flexibility index (Phi) is 3.69. The van der Waals surface area contributed by atoms with Gasteiger partial charge >= 0.3 is 0 Å². The molecule has 0 saturated heterocycles. The Morgan fingerprint density at radius 1 is 1.21 bits per heavy atom. The quantitative estimate of drug-likeness (QED) is 0.798. The molecule has 1 heterocycles. The Labute approximate surface area is 122 Å². The van der Waals surface area contributed by atoms with Crippen molar-refractivity contribution in [3.8, 4) is 5.69 Å². The summed E-state index contributed by atoms with van der Waals surface area (Å²) in [5, 5.41) is 9.57. The van der Waals surface area contributed by atoms with Crippen LogP contribution in [-0.2, 0) is 5.33 Å². The summed E-state index contributed by atoms with van der Waals surface area (Å²) in [5.41, 5.74) is 1.16. The molecule has 2 aromatic rings. The van der Waals surface area contributed by atoms with Gasteiger partial charge in [0.1, 0.15) is 11.6 Å². The molecule has 4 heteroatoms. The number of alkyl halides is 1. The predicted octanol–water partition coefficient (Wildman–Crippen LogP) is 4.07. The molecule has 2 unspecified atom stereocenters. The largest absolute Gasteiger partial charge is 0.282 e. The van der Waals surface area contributed by atoms with E-state index in [0.29, 0.717) is 11.8 Å². The molecule has 0 bridgehead atoms. The molecule has 100 valence electrons. The molecule has 19 heavy (non-hydrogen) atoms. The smallest absolute Gasteiger partial charge is 0.148 e. The van der Waals surface area contributed by atoms with E-state index < -0.39 is 0 Å². The van der Waals surface area contributed by atoms with Crippen LogP contribution in [0.25, 0.3) is 5.69 Å². The summed E-state index contributed by atoms with van der Waals surface area (Å²) < 4.78 is 2.22. The number of aromatic nitrogens is 3. The van der Waals surface area contributed by atoms with Gasteiger partial charge in [0.15, 0.2) is 0 Å². The Morgan fingerprint density at radius 3 is 2.63 bits per heavy atom. The van der Waals surface area contributed by atoms with Crippen LogP contribution >= 0.6 is 15.9 Å². The van der Waals surface area contributed by atoms with Gasteiger partial charge in [-0.1, -0.05) is 47.5 Å². The van der Waals surface area contributed by atoms with Crippen LogP contribution < -0.4 is 0 Å². The molecule has 0 aliphatic heterocycles. The highest BCUT2D eigenvalue weighted by Crippen LogP contribution is 2.39. The first-order valence-corrected chi connectivity index (χ1v) is 7.99. The predicted molar refractivity (Wildman–Crippen MR) is 79.7 cm³/mol. The van der Waals surface area contributed by atoms with E-state index in [0.717, 1.165) is 22.7 Å². The summed E-state index contributed by atoms with van der Waals surface area (Å²) in [6.07, 6.45) is 3.83. The van der Waals surface area contributed by atoms with Gasteiger partial charge in [0.05, 0.1) is 5.33 Å². The van der Waals surface area contributed by atoms with Crippen molar-refractivity contribution >= 4 is 15.9 Å². The lowest BCUT2D eigenvalue weighted by Gasteiger charge is -2.17. The van der Waals surface area contributed by atoms with E-state index in [1.807, 2.05) is 6.07 Å². The van der Waals surface area contributed by atoms with Crippen LogP contribution in [0.15, 0.2) is 30.3 Å². The van der Waals surface area contributed by atoms with Crippen molar-refractivity contribution < 1.29 is 0 Å². The van der Waals surface area contributed by atoms with Crippen LogP contribution in [-0.4, -0.2) is 14.8 Å². The molecule has 1 aliphatic rings. The third kappa shape index (κ3) is 2.34. The van der Waals surface area contributed by atoms with E-state index in [1.54, 1.807) is 0 Å². The third-order valence-electron chi connectivity index (χ3n) is 4.08. The molecule has 1 aromatic heterocycles. The fraction of sp³-hybridized carbons (Fsp3) is 0.467. The highest BCUT2D eigenvalue weighted by atomic mass is 79.9. The summed E-state index contributed by atoms with van der Waals surface area (Å²) in [6.45, 7) is 2.33. The van der Waals surface area contributed by atoms with Crippen LogP contribution in [0.3, 0.4) is 0 Å². The number of nitrogens with zero attached hydrogens (tertiary/aromatic N) is 3. The standard InChI is InChI=1S/C15H18BrN3/c1-11-6-5-9-13(11)15-18-17-14(10-16)19(15)12-7-3-2-4-8-12/h2-4,7-8,11,13H,5-6,9-10H2,1H3. The minimum atomic E-state index is 0.542. The minimum Gasteiger partial charge on any atom is -0.282 e. The maximum Gasteiger partial charge on any atom is 0.148 e. The van der Waals surface area contributed by atoms with Crippen molar-refractivity contribution in [1.29, 1.82) is 0 Å². The van der Waals surface area contributed by atoms with Gasteiger partial charge in [0.2, 0.25) is 0 Å². The van der Waals surface area contributed by atoms with Crippen molar-refractivity contribution in [2.24, 2.45) is 5.92 Å². The van der Waals surface area contributed by atoms with Crippen LogP contribution in [0.2, 0.25) is 0 Å². The van der Waals surface area contributed by atoms with Gasteiger partial charge in [-0.05, 0) is 30.9 Å². The van der Waals surface area contributed by atoms with E-state index in [9.17, 15) is 0 Å². The Hall–Kier alpha value is -1.16. The number of halogens is 1. The lowest BCUT2D eigenvalue weighted by molar-refractivity contribution is 0.502. The molecule has 3 nitrogen and oxygen atoms in total. The van der Waals surface area contributed by atoms with Gasteiger partial charge in [0.25, 0.3) is 0 Å². The normalized spacial score (nSPS) is 22.8. The van der Waals surface area contributed by atoms with E-state index in [1.165, 1.54) is 19.3 Å². The lowest BCUT2D eigenvalue weighted by Crippen LogP contribution is -2.11. The van der Waals surface area contributed by atoms with Crippen molar-refractivity contribution in [3.63, 3.8) is 0 Å². The van der Waals surface area contributed by atoms with Crippen molar-refractivity contribution in [1.82, 2.24) is 14.8 Å². The zero-order chi connectivity index (χ0) is 13.2. The van der Waals surface area contributed by atoms with Crippen molar-refractivity contribution in [2.45, 2.75) is 37.4 Å². The topological polar surface area (TPSA) is 30.7 Å². The molecule has 1 aliphatic carbocycles. The summed E-state index contributed by atoms with van der Waals surface area (Å²) >= 11 is 3.52. The maximum absolute atomic E-state index is 4.48. The average Bonchev–Trinajstić information content (AvgIpc) is 3.05. The lowest BCUT2D eigenvalue weighted by atomic mass is 9.97. The van der Waals surface area contributed by atoms with Gasteiger partial charge in [-0.25, -0.2) is 0 Å². The highest BCUT2D eigenvalue weighted by Gasteiger charge is 2.30. The molecule has 0 radical (unpaired) electrons.